The quantitative estimate of drug-likeness (QED) is 0.859. The zero-order chi connectivity index (χ0) is 12.1. The molecule has 4 heteroatoms. The highest BCUT2D eigenvalue weighted by atomic mass is 16.3. The second-order valence-electron chi connectivity index (χ2n) is 4.41. The van der Waals surface area contributed by atoms with Crippen LogP contribution in [-0.2, 0) is 6.54 Å². The lowest BCUT2D eigenvalue weighted by Gasteiger charge is -2.07. The molecule has 0 unspecified atom stereocenters. The molecule has 4 nitrogen and oxygen atoms in total. The second-order valence-corrected chi connectivity index (χ2v) is 4.41. The molecule has 2 aromatic heterocycles. The summed E-state index contributed by atoms with van der Waals surface area (Å²) >= 11 is 0. The molecule has 2 heterocycles. The highest BCUT2D eigenvalue weighted by Gasteiger charge is 2.03. The summed E-state index contributed by atoms with van der Waals surface area (Å²) in [5.74, 6) is 1.35. The van der Waals surface area contributed by atoms with Gasteiger partial charge in [0.05, 0.1) is 17.5 Å². The minimum Gasteiger partial charge on any atom is -0.472 e. The van der Waals surface area contributed by atoms with Crippen molar-refractivity contribution in [2.45, 2.75) is 20.4 Å². The Bertz CT molecular complexity index is 451. The van der Waals surface area contributed by atoms with Gasteiger partial charge in [-0.25, -0.2) is 9.97 Å². The maximum Gasteiger partial charge on any atom is 0.162 e. The van der Waals surface area contributed by atoms with Gasteiger partial charge in [0.1, 0.15) is 6.26 Å². The smallest absolute Gasteiger partial charge is 0.162 e. The predicted molar refractivity (Wildman–Crippen MR) is 66.3 cm³/mol. The van der Waals surface area contributed by atoms with Crippen LogP contribution < -0.4 is 5.32 Å². The van der Waals surface area contributed by atoms with E-state index in [4.69, 9.17) is 4.42 Å². The highest BCUT2D eigenvalue weighted by Crippen LogP contribution is 2.14. The first kappa shape index (κ1) is 11.8. The number of aromatic nitrogens is 2. The molecule has 0 saturated heterocycles. The van der Waals surface area contributed by atoms with Crippen LogP contribution in [0.15, 0.2) is 35.3 Å². The molecule has 0 spiro atoms. The van der Waals surface area contributed by atoms with Crippen molar-refractivity contribution < 1.29 is 4.42 Å². The van der Waals surface area contributed by atoms with Crippen molar-refractivity contribution in [2.75, 3.05) is 6.54 Å². The molecule has 2 aromatic rings. The van der Waals surface area contributed by atoms with E-state index < -0.39 is 0 Å². The first-order chi connectivity index (χ1) is 8.25. The molecule has 0 bridgehead atoms. The van der Waals surface area contributed by atoms with E-state index in [1.807, 2.05) is 12.1 Å². The summed E-state index contributed by atoms with van der Waals surface area (Å²) in [5.41, 5.74) is 1.91. The Hall–Kier alpha value is -1.68. The number of nitrogens with one attached hydrogen (secondary N) is 1. The fraction of sp³-hybridized carbons (Fsp3) is 0.385. The van der Waals surface area contributed by atoms with Gasteiger partial charge in [0, 0.05) is 12.7 Å². The van der Waals surface area contributed by atoms with E-state index in [-0.39, 0.29) is 0 Å². The Balaban J connectivity index is 2.02. The van der Waals surface area contributed by atoms with E-state index in [0.717, 1.165) is 24.3 Å². The van der Waals surface area contributed by atoms with Crippen molar-refractivity contribution in [2.24, 2.45) is 5.92 Å². The summed E-state index contributed by atoms with van der Waals surface area (Å²) in [7, 11) is 0. The van der Waals surface area contributed by atoms with E-state index in [2.05, 4.69) is 29.1 Å². The molecular weight excluding hydrogens is 214 g/mol. The lowest BCUT2D eigenvalue weighted by molar-refractivity contribution is 0.548. The SMILES string of the molecule is CC(C)CNCc1ccnc(-c2ccoc2)n1. The van der Waals surface area contributed by atoms with Gasteiger partial charge in [0.2, 0.25) is 0 Å². The monoisotopic (exact) mass is 231 g/mol. The van der Waals surface area contributed by atoms with Crippen LogP contribution in [0.4, 0.5) is 0 Å². The Morgan fingerprint density at radius 3 is 2.94 bits per heavy atom. The average Bonchev–Trinajstić information content (AvgIpc) is 2.82. The van der Waals surface area contributed by atoms with Gasteiger partial charge in [-0.2, -0.15) is 0 Å². The summed E-state index contributed by atoms with van der Waals surface area (Å²) < 4.78 is 5.03. The van der Waals surface area contributed by atoms with Crippen molar-refractivity contribution in [3.05, 3.63) is 36.5 Å². The maximum atomic E-state index is 5.03. The van der Waals surface area contributed by atoms with Crippen LogP contribution in [0, 0.1) is 5.92 Å². The van der Waals surface area contributed by atoms with E-state index in [0.29, 0.717) is 11.7 Å². The highest BCUT2D eigenvalue weighted by molar-refractivity contribution is 5.52. The van der Waals surface area contributed by atoms with Crippen LogP contribution >= 0.6 is 0 Å². The molecule has 0 aromatic carbocycles. The molecule has 90 valence electrons. The normalized spacial score (nSPS) is 11.0. The standard InChI is InChI=1S/C13H17N3O/c1-10(2)7-14-8-12-3-5-15-13(16-12)11-4-6-17-9-11/h3-6,9-10,14H,7-8H2,1-2H3. The largest absolute Gasteiger partial charge is 0.472 e. The molecule has 0 amide bonds. The number of furan rings is 1. The molecular formula is C13H17N3O. The van der Waals surface area contributed by atoms with E-state index in [1.165, 1.54) is 0 Å². The van der Waals surface area contributed by atoms with Gasteiger partial charge in [-0.3, -0.25) is 0 Å². The van der Waals surface area contributed by atoms with Crippen molar-refractivity contribution in [3.63, 3.8) is 0 Å². The zero-order valence-corrected chi connectivity index (χ0v) is 10.2. The van der Waals surface area contributed by atoms with Crippen LogP contribution in [0.25, 0.3) is 11.4 Å². The number of nitrogens with zero attached hydrogens (tertiary/aromatic N) is 2. The fourth-order valence-electron chi connectivity index (χ4n) is 1.51. The molecule has 2 rings (SSSR count). The molecule has 0 atom stereocenters. The van der Waals surface area contributed by atoms with Crippen molar-refractivity contribution in [1.82, 2.24) is 15.3 Å². The van der Waals surface area contributed by atoms with Crippen LogP contribution in [0.2, 0.25) is 0 Å². The minimum atomic E-state index is 0.644. The third kappa shape index (κ3) is 3.39. The molecule has 0 aliphatic heterocycles. The van der Waals surface area contributed by atoms with Crippen LogP contribution in [0.5, 0.6) is 0 Å². The lowest BCUT2D eigenvalue weighted by atomic mass is 10.2. The third-order valence-electron chi connectivity index (χ3n) is 2.35. The zero-order valence-electron chi connectivity index (χ0n) is 10.2. The second kappa shape index (κ2) is 5.59. The first-order valence-electron chi connectivity index (χ1n) is 5.81. The fourth-order valence-corrected chi connectivity index (χ4v) is 1.51. The molecule has 0 aliphatic rings. The van der Waals surface area contributed by atoms with Gasteiger partial charge in [0.15, 0.2) is 5.82 Å². The Morgan fingerprint density at radius 1 is 1.35 bits per heavy atom. The Kier molecular flexibility index (Phi) is 3.88. The summed E-state index contributed by atoms with van der Waals surface area (Å²) in [4.78, 5) is 8.70. The Labute approximate surface area is 101 Å². The van der Waals surface area contributed by atoms with Gasteiger partial charge in [0.25, 0.3) is 0 Å². The number of rotatable bonds is 5. The topological polar surface area (TPSA) is 51.0 Å². The average molecular weight is 231 g/mol. The first-order valence-corrected chi connectivity index (χ1v) is 5.81. The lowest BCUT2D eigenvalue weighted by Crippen LogP contribution is -2.19. The van der Waals surface area contributed by atoms with Crippen LogP contribution in [-0.4, -0.2) is 16.5 Å². The van der Waals surface area contributed by atoms with Gasteiger partial charge in [-0.05, 0) is 24.6 Å². The molecule has 0 saturated carbocycles. The molecule has 17 heavy (non-hydrogen) atoms. The van der Waals surface area contributed by atoms with E-state index in [1.54, 1.807) is 18.7 Å². The summed E-state index contributed by atoms with van der Waals surface area (Å²) in [6.45, 7) is 6.13. The van der Waals surface area contributed by atoms with Crippen LogP contribution in [0.3, 0.4) is 0 Å². The van der Waals surface area contributed by atoms with E-state index in [9.17, 15) is 0 Å². The van der Waals surface area contributed by atoms with Gasteiger partial charge in [-0.15, -0.1) is 0 Å². The summed E-state index contributed by atoms with van der Waals surface area (Å²) in [5, 5.41) is 3.36. The molecule has 0 fully saturated rings. The third-order valence-corrected chi connectivity index (χ3v) is 2.35. The van der Waals surface area contributed by atoms with Crippen molar-refractivity contribution >= 4 is 0 Å². The van der Waals surface area contributed by atoms with Crippen LogP contribution in [0.1, 0.15) is 19.5 Å². The van der Waals surface area contributed by atoms with Gasteiger partial charge < -0.3 is 9.73 Å². The number of hydrogen-bond donors (Lipinski definition) is 1. The number of hydrogen-bond acceptors (Lipinski definition) is 4. The molecule has 1 N–H and O–H groups in total. The predicted octanol–water partition coefficient (Wildman–Crippen LogP) is 2.48. The van der Waals surface area contributed by atoms with E-state index >= 15 is 0 Å². The van der Waals surface area contributed by atoms with Crippen molar-refractivity contribution in [3.8, 4) is 11.4 Å². The molecule has 0 aliphatic carbocycles. The van der Waals surface area contributed by atoms with Crippen molar-refractivity contribution in [1.29, 1.82) is 0 Å². The minimum absolute atomic E-state index is 0.644. The molecule has 0 radical (unpaired) electrons. The van der Waals surface area contributed by atoms with Gasteiger partial charge in [-0.1, -0.05) is 13.8 Å². The summed E-state index contributed by atoms with van der Waals surface area (Å²) in [6, 6.07) is 3.79. The summed E-state index contributed by atoms with van der Waals surface area (Å²) in [6.07, 6.45) is 5.06. The Morgan fingerprint density at radius 2 is 2.24 bits per heavy atom. The maximum absolute atomic E-state index is 5.03. The van der Waals surface area contributed by atoms with Gasteiger partial charge >= 0.3 is 0 Å².